The fourth-order valence-electron chi connectivity index (χ4n) is 2.80. The van der Waals surface area contributed by atoms with Crippen molar-refractivity contribution in [1.29, 1.82) is 0 Å². The number of aliphatic hydroxyl groups excluding tert-OH is 1. The van der Waals surface area contributed by atoms with Gasteiger partial charge in [0.15, 0.2) is 16.9 Å². The van der Waals surface area contributed by atoms with Crippen LogP contribution in [0.25, 0.3) is 11.2 Å². The number of fused-ring (bicyclic) bond motifs is 1. The first-order valence-electron chi connectivity index (χ1n) is 10.8. The summed E-state index contributed by atoms with van der Waals surface area (Å²) in [5, 5.41) is 11.6. The summed E-state index contributed by atoms with van der Waals surface area (Å²) in [7, 11) is -0.427. The molecule has 0 radical (unpaired) electrons. The molecule has 0 spiro atoms. The van der Waals surface area contributed by atoms with Crippen LogP contribution in [0.15, 0.2) is 46.4 Å². The molecule has 0 saturated carbocycles. The number of benzene rings is 1. The zero-order valence-electron chi connectivity index (χ0n) is 20.0. The van der Waals surface area contributed by atoms with Gasteiger partial charge in [-0.25, -0.2) is 19.6 Å². The van der Waals surface area contributed by atoms with E-state index in [0.29, 0.717) is 0 Å². The second-order valence-corrected chi connectivity index (χ2v) is 9.43. The molecule has 0 aliphatic heterocycles. The van der Waals surface area contributed by atoms with Gasteiger partial charge in [-0.05, 0) is 19.1 Å². The van der Waals surface area contributed by atoms with Gasteiger partial charge in [-0.15, -0.1) is 0 Å². The molecule has 0 saturated heterocycles. The maximum atomic E-state index is 13.2. The number of hydrogen-bond donors (Lipinski definition) is 3. The molecule has 3 rings (SSSR count). The third-order valence-corrected chi connectivity index (χ3v) is 6.23. The minimum Gasteiger partial charge on any atom is -0.413 e. The monoisotopic (exact) mass is 521 g/mol. The Labute approximate surface area is 206 Å². The molecule has 14 nitrogen and oxygen atoms in total. The van der Waals surface area contributed by atoms with Crippen LogP contribution in [0.4, 0.5) is 5.95 Å². The molecule has 0 fully saturated rings. The van der Waals surface area contributed by atoms with Crippen molar-refractivity contribution >= 4 is 37.0 Å². The molecule has 2 atom stereocenters. The summed E-state index contributed by atoms with van der Waals surface area (Å²) in [6, 6.07) is 7.34. The topological polar surface area (TPSA) is 173 Å². The summed E-state index contributed by atoms with van der Waals surface area (Å²) in [5.41, 5.74) is -0.0302. The van der Waals surface area contributed by atoms with Crippen LogP contribution in [-0.4, -0.2) is 81.6 Å². The SMILES string of the molecule is C[C@H](NP(=O)(OCCOCn1cnc2c(=O)[nH]c(/N=C/N(C)C)nc21)Oc1ccccc1)C(=O)CO. The van der Waals surface area contributed by atoms with E-state index in [1.165, 1.54) is 24.2 Å². The van der Waals surface area contributed by atoms with Crippen molar-refractivity contribution in [3.05, 3.63) is 47.0 Å². The standard InChI is InChI=1S/C21H28N7O7P/c1-15(17(30)11-29)26-36(32,35-16-7-5-4-6-8-16)34-10-9-33-14-28-13-22-18-19(28)24-21(25-20(18)31)23-12-27(2)3/h4-8,12-13,15,29H,9-11,14H2,1-3H3,(H,26,32)(H,24,25,31)/b23-12+/t15-,36?/m0/s1. The maximum Gasteiger partial charge on any atom is 0.459 e. The number of Topliss-reactive ketones (excluding diaryl/α,β-unsaturated/α-hetero) is 1. The van der Waals surface area contributed by atoms with Crippen molar-refractivity contribution in [2.75, 3.05) is 33.9 Å². The van der Waals surface area contributed by atoms with Crippen LogP contribution in [0, 0.1) is 0 Å². The van der Waals surface area contributed by atoms with E-state index in [2.05, 4.69) is 25.0 Å². The molecular weight excluding hydrogens is 493 g/mol. The largest absolute Gasteiger partial charge is 0.459 e. The van der Waals surface area contributed by atoms with E-state index >= 15 is 0 Å². The first-order valence-corrected chi connectivity index (χ1v) is 12.4. The van der Waals surface area contributed by atoms with E-state index in [1.807, 2.05) is 0 Å². The zero-order chi connectivity index (χ0) is 26.1. The Balaban J connectivity index is 1.62. The number of ketones is 1. The summed E-state index contributed by atoms with van der Waals surface area (Å²) in [5.74, 6) is -0.190. The Morgan fingerprint density at radius 2 is 2.08 bits per heavy atom. The third kappa shape index (κ3) is 7.54. The van der Waals surface area contributed by atoms with Crippen molar-refractivity contribution in [2.45, 2.75) is 19.7 Å². The molecule has 2 aromatic heterocycles. The average molecular weight is 521 g/mol. The minimum absolute atomic E-state index is 0.0132. The van der Waals surface area contributed by atoms with E-state index < -0.39 is 31.7 Å². The second-order valence-electron chi connectivity index (χ2n) is 7.73. The first kappa shape index (κ1) is 27.2. The number of H-pyrrole nitrogens is 1. The maximum absolute atomic E-state index is 13.2. The van der Waals surface area contributed by atoms with Crippen LogP contribution in [0.1, 0.15) is 6.92 Å². The van der Waals surface area contributed by atoms with Crippen LogP contribution >= 0.6 is 7.75 Å². The zero-order valence-corrected chi connectivity index (χ0v) is 20.9. The molecule has 2 heterocycles. The smallest absolute Gasteiger partial charge is 0.413 e. The van der Waals surface area contributed by atoms with Crippen LogP contribution in [0.3, 0.4) is 0 Å². The molecule has 194 valence electrons. The van der Waals surface area contributed by atoms with E-state index in [-0.39, 0.29) is 42.8 Å². The summed E-state index contributed by atoms with van der Waals surface area (Å²) in [4.78, 5) is 40.7. The van der Waals surface area contributed by atoms with E-state index in [1.54, 1.807) is 49.3 Å². The van der Waals surface area contributed by atoms with Gasteiger partial charge in [0.2, 0.25) is 5.95 Å². The van der Waals surface area contributed by atoms with Gasteiger partial charge in [0, 0.05) is 14.1 Å². The highest BCUT2D eigenvalue weighted by Gasteiger charge is 2.31. The van der Waals surface area contributed by atoms with Crippen LogP contribution < -0.4 is 15.2 Å². The van der Waals surface area contributed by atoms with Crippen molar-refractivity contribution in [3.63, 3.8) is 0 Å². The molecule has 3 N–H and O–H groups in total. The molecule has 1 aromatic carbocycles. The van der Waals surface area contributed by atoms with Crippen molar-refractivity contribution in [3.8, 4) is 5.75 Å². The van der Waals surface area contributed by atoms with E-state index in [0.717, 1.165) is 0 Å². The summed E-state index contributed by atoms with van der Waals surface area (Å²) in [6.45, 7) is 0.524. The lowest BCUT2D eigenvalue weighted by molar-refractivity contribution is -0.123. The number of aliphatic hydroxyl groups is 1. The number of aromatic amines is 1. The highest BCUT2D eigenvalue weighted by atomic mass is 31.2. The number of carbonyl (C=O) groups excluding carboxylic acids is 1. The predicted molar refractivity (Wildman–Crippen MR) is 131 cm³/mol. The van der Waals surface area contributed by atoms with E-state index in [9.17, 15) is 14.2 Å². The molecule has 0 bridgehead atoms. The molecule has 36 heavy (non-hydrogen) atoms. The van der Waals surface area contributed by atoms with Gasteiger partial charge in [0.1, 0.15) is 19.1 Å². The first-order chi connectivity index (χ1) is 17.2. The summed E-state index contributed by atoms with van der Waals surface area (Å²) >= 11 is 0. The Hall–Kier alpha value is -3.42. The molecule has 1 unspecified atom stereocenters. The number of rotatable bonds is 14. The van der Waals surface area contributed by atoms with Crippen LogP contribution in [-0.2, 0) is 25.4 Å². The van der Waals surface area contributed by atoms with Crippen molar-refractivity contribution in [2.24, 2.45) is 4.99 Å². The van der Waals surface area contributed by atoms with Crippen molar-refractivity contribution < 1.29 is 28.3 Å². The lowest BCUT2D eigenvalue weighted by atomic mass is 10.2. The summed E-state index contributed by atoms with van der Waals surface area (Å²) < 4.78 is 31.3. The van der Waals surface area contributed by atoms with Gasteiger partial charge in [-0.1, -0.05) is 18.2 Å². The molecule has 3 aromatic rings. The van der Waals surface area contributed by atoms with Gasteiger partial charge in [-0.3, -0.25) is 23.7 Å². The van der Waals surface area contributed by atoms with Crippen LogP contribution in [0.5, 0.6) is 5.75 Å². The van der Waals surface area contributed by atoms with Gasteiger partial charge < -0.3 is 19.3 Å². The molecular formula is C21H28N7O7P. The van der Waals surface area contributed by atoms with E-state index in [4.69, 9.17) is 18.9 Å². The summed E-state index contributed by atoms with van der Waals surface area (Å²) in [6.07, 6.45) is 2.90. The fraction of sp³-hybridized carbons (Fsp3) is 0.381. The molecule has 0 aliphatic rings. The average Bonchev–Trinajstić information content (AvgIpc) is 3.26. The molecule has 15 heteroatoms. The number of imidazole rings is 1. The number of ether oxygens (including phenoxy) is 1. The lowest BCUT2D eigenvalue weighted by Crippen LogP contribution is -2.35. The Kier molecular flexibility index (Phi) is 9.44. The van der Waals surface area contributed by atoms with Crippen LogP contribution in [0.2, 0.25) is 0 Å². The quantitative estimate of drug-likeness (QED) is 0.120. The third-order valence-electron chi connectivity index (χ3n) is 4.55. The van der Waals surface area contributed by atoms with Gasteiger partial charge in [-0.2, -0.15) is 4.98 Å². The fourth-order valence-corrected chi connectivity index (χ4v) is 4.32. The number of nitrogens with one attached hydrogen (secondary N) is 2. The Morgan fingerprint density at radius 1 is 1.33 bits per heavy atom. The normalized spacial score (nSPS) is 14.1. The minimum atomic E-state index is -3.99. The second kappa shape index (κ2) is 12.5. The number of nitrogens with zero attached hydrogens (tertiary/aromatic N) is 5. The molecule has 0 amide bonds. The van der Waals surface area contributed by atoms with Crippen molar-refractivity contribution in [1.82, 2.24) is 29.5 Å². The van der Waals surface area contributed by atoms with Gasteiger partial charge >= 0.3 is 7.75 Å². The number of aliphatic imine (C=N–C) groups is 1. The number of carbonyl (C=O) groups is 1. The van der Waals surface area contributed by atoms with Gasteiger partial charge in [0.25, 0.3) is 5.56 Å². The number of hydrogen-bond acceptors (Lipinski definition) is 10. The highest BCUT2D eigenvalue weighted by Crippen LogP contribution is 2.44. The molecule has 0 aliphatic carbocycles. The highest BCUT2D eigenvalue weighted by molar-refractivity contribution is 7.52. The number of aromatic nitrogens is 4. The Morgan fingerprint density at radius 3 is 2.78 bits per heavy atom. The Bertz CT molecular complexity index is 1290. The number of para-hydroxylation sites is 1. The lowest BCUT2D eigenvalue weighted by Gasteiger charge is -2.22. The van der Waals surface area contributed by atoms with Gasteiger partial charge in [0.05, 0.1) is 31.9 Å². The predicted octanol–water partition coefficient (Wildman–Crippen LogP) is 1.06.